The standard InChI is InChI=1S/C18H26N5O13P.H3N/c19-9-1-3-22(17(29)20-9)16-13(28)14(7(5-24)34-16)36-37(31,32)33-6-8-11(26)12(27)15(35-8)23-4-2-10(25)21-18(23)30;/h1,3,7-8,11-16,24,26-28H,2,4-6H2,(H,31,32)(H2,19,20,29)(H,21,25,30);1H3. The summed E-state index contributed by atoms with van der Waals surface area (Å²) in [6.07, 6.45) is -11.1. The second-order valence-electron chi connectivity index (χ2n) is 8.46. The number of nitrogens with zero attached hydrogens (tertiary/aromatic N) is 3. The Balaban J connectivity index is 0.00000400. The predicted molar refractivity (Wildman–Crippen MR) is 121 cm³/mol. The van der Waals surface area contributed by atoms with Gasteiger partial charge in [0.25, 0.3) is 0 Å². The largest absolute Gasteiger partial charge is 0.472 e. The Morgan fingerprint density at radius 3 is 2.45 bits per heavy atom. The third kappa shape index (κ3) is 6.03. The zero-order valence-corrected chi connectivity index (χ0v) is 20.6. The van der Waals surface area contributed by atoms with Gasteiger partial charge in [-0.15, -0.1) is 0 Å². The third-order valence-electron chi connectivity index (χ3n) is 6.00. The average molecular weight is 568 g/mol. The van der Waals surface area contributed by atoms with Crippen molar-refractivity contribution in [1.29, 1.82) is 0 Å². The number of aromatic nitrogens is 2. The second kappa shape index (κ2) is 11.7. The van der Waals surface area contributed by atoms with Gasteiger partial charge in [-0.1, -0.05) is 0 Å². The second-order valence-corrected chi connectivity index (χ2v) is 9.86. The summed E-state index contributed by atoms with van der Waals surface area (Å²) in [5.74, 6) is -0.613. The van der Waals surface area contributed by atoms with Crippen molar-refractivity contribution in [3.63, 3.8) is 0 Å². The van der Waals surface area contributed by atoms with Gasteiger partial charge in [0, 0.05) is 19.2 Å². The number of urea groups is 1. The Hall–Kier alpha value is -2.55. The molecule has 4 rings (SSSR count). The summed E-state index contributed by atoms with van der Waals surface area (Å²) in [6.45, 7) is -1.66. The van der Waals surface area contributed by atoms with E-state index in [4.69, 9.17) is 24.3 Å². The van der Waals surface area contributed by atoms with Crippen LogP contribution in [0.3, 0.4) is 0 Å². The molecule has 0 aromatic carbocycles. The number of phosphoric acid groups is 1. The maximum absolute atomic E-state index is 12.6. The number of ether oxygens (including phenoxy) is 2. The number of hydrogen-bond acceptors (Lipinski definition) is 15. The van der Waals surface area contributed by atoms with E-state index in [9.17, 15) is 44.3 Å². The maximum atomic E-state index is 12.6. The molecule has 0 aliphatic carbocycles. The molecule has 0 bridgehead atoms. The van der Waals surface area contributed by atoms with Crippen molar-refractivity contribution in [2.24, 2.45) is 0 Å². The van der Waals surface area contributed by atoms with Crippen molar-refractivity contribution < 1.29 is 58.0 Å². The molecule has 9 unspecified atom stereocenters. The molecule has 1 aromatic rings. The molecule has 3 amide bonds. The summed E-state index contributed by atoms with van der Waals surface area (Å²) in [6, 6.07) is 0.403. The monoisotopic (exact) mass is 568 g/mol. The van der Waals surface area contributed by atoms with Gasteiger partial charge in [0.1, 0.15) is 42.4 Å². The molecule has 0 spiro atoms. The quantitative estimate of drug-likeness (QED) is 0.139. The molecular weight excluding hydrogens is 539 g/mol. The van der Waals surface area contributed by atoms with E-state index in [1.165, 1.54) is 12.3 Å². The number of carbonyl (C=O) groups excluding carboxylic acids is 2. The van der Waals surface area contributed by atoms with Gasteiger partial charge < -0.3 is 46.7 Å². The van der Waals surface area contributed by atoms with Crippen molar-refractivity contribution in [1.82, 2.24) is 25.9 Å². The van der Waals surface area contributed by atoms with Gasteiger partial charge in [-0.25, -0.2) is 14.2 Å². The molecule has 3 aliphatic rings. The Bertz CT molecular complexity index is 1140. The van der Waals surface area contributed by atoms with E-state index < -0.39 is 87.7 Å². The van der Waals surface area contributed by atoms with Crippen LogP contribution in [0.25, 0.3) is 0 Å². The Labute approximate surface area is 213 Å². The highest BCUT2D eigenvalue weighted by Crippen LogP contribution is 2.48. The van der Waals surface area contributed by atoms with Gasteiger partial charge in [-0.05, 0) is 6.07 Å². The van der Waals surface area contributed by atoms with Gasteiger partial charge in [0.15, 0.2) is 12.5 Å². The normalized spacial score (nSPS) is 35.0. The van der Waals surface area contributed by atoms with Crippen molar-refractivity contribution in [2.45, 2.75) is 55.5 Å². The summed E-state index contributed by atoms with van der Waals surface area (Å²) in [4.78, 5) is 50.1. The molecule has 11 N–H and O–H groups in total. The average Bonchev–Trinajstić information content (AvgIpc) is 3.28. The number of carbonyl (C=O) groups is 2. The van der Waals surface area contributed by atoms with E-state index in [2.05, 4.69) is 4.98 Å². The Kier molecular flexibility index (Phi) is 9.22. The fraction of sp³-hybridized carbons (Fsp3) is 0.667. The molecule has 0 radical (unpaired) electrons. The number of aliphatic hydroxyl groups is 4. The fourth-order valence-corrected chi connectivity index (χ4v) is 5.11. The highest BCUT2D eigenvalue weighted by Gasteiger charge is 2.51. The maximum Gasteiger partial charge on any atom is 0.472 e. The minimum Gasteiger partial charge on any atom is -0.394 e. The molecule has 0 saturated carbocycles. The number of phosphoric ester groups is 1. The molecule has 3 fully saturated rings. The highest BCUT2D eigenvalue weighted by molar-refractivity contribution is 7.47. The highest BCUT2D eigenvalue weighted by atomic mass is 31.2. The summed E-state index contributed by atoms with van der Waals surface area (Å²) in [5.41, 5.74) is 4.54. The van der Waals surface area contributed by atoms with Gasteiger partial charge >= 0.3 is 19.5 Å². The van der Waals surface area contributed by atoms with Crippen LogP contribution in [0.5, 0.6) is 0 Å². The number of nitrogen functional groups attached to an aromatic ring is 1. The first-order valence-corrected chi connectivity index (χ1v) is 12.5. The van der Waals surface area contributed by atoms with Crippen LogP contribution in [0.4, 0.5) is 10.6 Å². The summed E-state index contributed by atoms with van der Waals surface area (Å²) >= 11 is 0. The Morgan fingerprint density at radius 2 is 1.82 bits per heavy atom. The number of nitrogens with two attached hydrogens (primary N) is 1. The van der Waals surface area contributed by atoms with Crippen molar-refractivity contribution in [3.05, 3.63) is 22.7 Å². The van der Waals surface area contributed by atoms with Gasteiger partial charge in [0.05, 0.1) is 13.2 Å². The molecule has 3 saturated heterocycles. The zero-order valence-electron chi connectivity index (χ0n) is 19.7. The number of amides is 3. The number of rotatable bonds is 8. The lowest BCUT2D eigenvalue weighted by atomic mass is 10.1. The lowest BCUT2D eigenvalue weighted by molar-refractivity contribution is -0.125. The minimum absolute atomic E-state index is 0. The molecule has 19 nitrogen and oxygen atoms in total. The zero-order chi connectivity index (χ0) is 27.1. The fourth-order valence-electron chi connectivity index (χ4n) is 4.14. The van der Waals surface area contributed by atoms with Gasteiger partial charge in [0.2, 0.25) is 5.91 Å². The number of anilines is 1. The van der Waals surface area contributed by atoms with E-state index >= 15 is 0 Å². The molecular formula is C18H29N6O13P. The van der Waals surface area contributed by atoms with Crippen LogP contribution in [0.2, 0.25) is 0 Å². The molecule has 3 aliphatic heterocycles. The van der Waals surface area contributed by atoms with Crippen LogP contribution in [0.15, 0.2) is 17.1 Å². The lowest BCUT2D eigenvalue weighted by Gasteiger charge is -2.32. The van der Waals surface area contributed by atoms with Crippen molar-refractivity contribution >= 4 is 25.6 Å². The summed E-state index contributed by atoms with van der Waals surface area (Å²) in [7, 11) is -5.02. The summed E-state index contributed by atoms with van der Waals surface area (Å²) < 4.78 is 34.2. The first-order valence-electron chi connectivity index (χ1n) is 11.0. The number of nitrogens with one attached hydrogen (secondary N) is 1. The topological polar surface area (TPSA) is 300 Å². The first kappa shape index (κ1) is 30.0. The smallest absolute Gasteiger partial charge is 0.394 e. The molecule has 20 heteroatoms. The van der Waals surface area contributed by atoms with Crippen LogP contribution >= 0.6 is 7.82 Å². The summed E-state index contributed by atoms with van der Waals surface area (Å²) in [5, 5.41) is 42.8. The molecule has 38 heavy (non-hydrogen) atoms. The van der Waals surface area contributed by atoms with E-state index in [-0.39, 0.29) is 24.9 Å². The van der Waals surface area contributed by atoms with E-state index in [1.807, 2.05) is 5.32 Å². The molecule has 1 aromatic heterocycles. The minimum atomic E-state index is -5.02. The van der Waals surface area contributed by atoms with Crippen LogP contribution in [0.1, 0.15) is 12.6 Å². The van der Waals surface area contributed by atoms with E-state index in [0.29, 0.717) is 0 Å². The van der Waals surface area contributed by atoms with Crippen LogP contribution in [-0.4, -0.2) is 114 Å². The van der Waals surface area contributed by atoms with Crippen molar-refractivity contribution in [2.75, 3.05) is 25.5 Å². The first-order chi connectivity index (χ1) is 17.4. The number of hydrogen-bond donors (Lipinski definition) is 8. The molecule has 4 heterocycles. The van der Waals surface area contributed by atoms with E-state index in [0.717, 1.165) is 9.47 Å². The van der Waals surface area contributed by atoms with Crippen molar-refractivity contribution in [3.8, 4) is 0 Å². The van der Waals surface area contributed by atoms with Crippen LogP contribution in [-0.2, 0) is 27.9 Å². The number of aliphatic hydroxyl groups excluding tert-OH is 4. The third-order valence-corrected chi connectivity index (χ3v) is 6.99. The van der Waals surface area contributed by atoms with E-state index in [1.54, 1.807) is 0 Å². The predicted octanol–water partition coefficient (Wildman–Crippen LogP) is -3.87. The van der Waals surface area contributed by atoms with Gasteiger partial charge in [-0.2, -0.15) is 4.98 Å². The Morgan fingerprint density at radius 1 is 1.13 bits per heavy atom. The molecule has 214 valence electrons. The lowest BCUT2D eigenvalue weighted by Crippen LogP contribution is -2.56. The van der Waals surface area contributed by atoms with Crippen LogP contribution in [0, 0.1) is 0 Å². The molecule has 9 atom stereocenters. The van der Waals surface area contributed by atoms with Crippen LogP contribution < -0.4 is 22.9 Å². The van der Waals surface area contributed by atoms with Gasteiger partial charge in [-0.3, -0.25) is 28.6 Å². The SMILES string of the molecule is N.Nc1ccn(C2OC(CO)C(OP(=O)(O)OCC3OC(N4CCC(=O)NC4=O)C(O)C3O)C2O)c(=O)n1. The number of imide groups is 1.